The Balaban J connectivity index is 1.79. The third-order valence-corrected chi connectivity index (χ3v) is 3.74. The summed E-state index contributed by atoms with van der Waals surface area (Å²) in [6.45, 7) is 2.81. The largest absolute Gasteiger partial charge is 0.490 e. The van der Waals surface area contributed by atoms with Gasteiger partial charge in [-0.3, -0.25) is 0 Å². The molecule has 0 aliphatic carbocycles. The summed E-state index contributed by atoms with van der Waals surface area (Å²) in [7, 11) is 0. The third kappa shape index (κ3) is 4.49. The van der Waals surface area contributed by atoms with Crippen LogP contribution in [0.5, 0.6) is 11.5 Å². The van der Waals surface area contributed by atoms with Crippen LogP contribution in [0.1, 0.15) is 15.9 Å². The zero-order chi connectivity index (χ0) is 15.2. The Bertz CT molecular complexity index is 623. The highest BCUT2D eigenvalue weighted by Crippen LogP contribution is 2.21. The number of benzene rings is 2. The molecule has 4 nitrogen and oxygen atoms in total. The van der Waals surface area contributed by atoms with Crippen molar-refractivity contribution in [1.29, 1.82) is 0 Å². The molecule has 1 N–H and O–H groups in total. The van der Waals surface area contributed by atoms with E-state index in [0.29, 0.717) is 19.0 Å². The lowest BCUT2D eigenvalue weighted by Crippen LogP contribution is -2.09. The van der Waals surface area contributed by atoms with Crippen LogP contribution < -0.4 is 9.47 Å². The number of carbonyl (C=O) groups is 1. The molecule has 0 fully saturated rings. The van der Waals surface area contributed by atoms with Crippen LogP contribution in [-0.2, 0) is 0 Å². The smallest absolute Gasteiger partial charge is 0.335 e. The maximum absolute atomic E-state index is 10.7. The van der Waals surface area contributed by atoms with E-state index in [9.17, 15) is 4.79 Å². The molecule has 21 heavy (non-hydrogen) atoms. The second-order valence-electron chi connectivity index (χ2n) is 4.44. The van der Waals surface area contributed by atoms with Gasteiger partial charge in [0.25, 0.3) is 0 Å². The molecule has 0 amide bonds. The van der Waals surface area contributed by atoms with E-state index in [1.54, 1.807) is 12.1 Å². The highest BCUT2D eigenvalue weighted by atomic mass is 79.9. The first-order valence-electron chi connectivity index (χ1n) is 6.41. The molecule has 0 saturated carbocycles. The van der Waals surface area contributed by atoms with Crippen LogP contribution in [0, 0.1) is 6.92 Å². The molecular formula is C16H15BrO4. The quantitative estimate of drug-likeness (QED) is 0.802. The van der Waals surface area contributed by atoms with E-state index < -0.39 is 5.97 Å². The Hall–Kier alpha value is -2.01. The lowest BCUT2D eigenvalue weighted by atomic mass is 10.2. The Morgan fingerprint density at radius 2 is 1.62 bits per heavy atom. The molecule has 2 rings (SSSR count). The molecule has 0 aliphatic heterocycles. The molecular weight excluding hydrogens is 336 g/mol. The Kier molecular flexibility index (Phi) is 5.22. The molecule has 0 aromatic heterocycles. The van der Waals surface area contributed by atoms with Gasteiger partial charge < -0.3 is 14.6 Å². The van der Waals surface area contributed by atoms with E-state index >= 15 is 0 Å². The third-order valence-electron chi connectivity index (χ3n) is 2.85. The SMILES string of the molecule is Cc1cc(OCCOc2ccc(C(=O)O)cc2)ccc1Br. The standard InChI is InChI=1S/C16H15BrO4/c1-11-10-14(6-7-15(11)17)21-9-8-20-13-4-2-12(3-5-13)16(18)19/h2-7,10H,8-9H2,1H3,(H,18,19). The Morgan fingerprint density at radius 3 is 2.19 bits per heavy atom. The molecule has 0 bridgehead atoms. The van der Waals surface area contributed by atoms with Gasteiger partial charge in [-0.15, -0.1) is 0 Å². The van der Waals surface area contributed by atoms with Gasteiger partial charge in [0.15, 0.2) is 0 Å². The van der Waals surface area contributed by atoms with Crippen LogP contribution in [0.3, 0.4) is 0 Å². The van der Waals surface area contributed by atoms with Crippen LogP contribution in [0.4, 0.5) is 0 Å². The average Bonchev–Trinajstić information content (AvgIpc) is 2.47. The maximum atomic E-state index is 10.7. The van der Waals surface area contributed by atoms with Crippen LogP contribution >= 0.6 is 15.9 Å². The minimum absolute atomic E-state index is 0.240. The van der Waals surface area contributed by atoms with Gasteiger partial charge in [0.1, 0.15) is 24.7 Å². The topological polar surface area (TPSA) is 55.8 Å². The van der Waals surface area contributed by atoms with Gasteiger partial charge in [-0.25, -0.2) is 4.79 Å². The van der Waals surface area contributed by atoms with E-state index in [1.807, 2.05) is 25.1 Å². The predicted molar refractivity (Wildman–Crippen MR) is 83.3 cm³/mol. The second-order valence-corrected chi connectivity index (χ2v) is 5.29. The number of halogens is 1. The Morgan fingerprint density at radius 1 is 1.05 bits per heavy atom. The number of ether oxygens (including phenoxy) is 2. The number of carboxylic acid groups (broad SMARTS) is 1. The van der Waals surface area contributed by atoms with E-state index in [0.717, 1.165) is 15.8 Å². The minimum Gasteiger partial charge on any atom is -0.490 e. The molecule has 2 aromatic carbocycles. The molecule has 0 aliphatic rings. The van der Waals surface area contributed by atoms with Gasteiger partial charge >= 0.3 is 5.97 Å². The highest BCUT2D eigenvalue weighted by molar-refractivity contribution is 9.10. The monoisotopic (exact) mass is 350 g/mol. The fourth-order valence-electron chi connectivity index (χ4n) is 1.72. The lowest BCUT2D eigenvalue weighted by Gasteiger charge is -2.09. The summed E-state index contributed by atoms with van der Waals surface area (Å²) >= 11 is 3.44. The van der Waals surface area contributed by atoms with E-state index in [1.165, 1.54) is 12.1 Å². The number of carboxylic acids is 1. The van der Waals surface area contributed by atoms with Crippen molar-refractivity contribution >= 4 is 21.9 Å². The van der Waals surface area contributed by atoms with Crippen molar-refractivity contribution in [3.05, 3.63) is 58.1 Å². The van der Waals surface area contributed by atoms with Crippen LogP contribution in [0.2, 0.25) is 0 Å². The molecule has 2 aromatic rings. The van der Waals surface area contributed by atoms with E-state index in [4.69, 9.17) is 14.6 Å². The number of aromatic carboxylic acids is 1. The second kappa shape index (κ2) is 7.13. The highest BCUT2D eigenvalue weighted by Gasteiger charge is 2.02. The van der Waals surface area contributed by atoms with Gasteiger partial charge in [0, 0.05) is 4.47 Å². The molecule has 0 radical (unpaired) electrons. The zero-order valence-corrected chi connectivity index (χ0v) is 13.1. The molecule has 0 saturated heterocycles. The van der Waals surface area contributed by atoms with Crippen molar-refractivity contribution in [2.24, 2.45) is 0 Å². The summed E-state index contributed by atoms with van der Waals surface area (Å²) in [5, 5.41) is 8.79. The fourth-order valence-corrected chi connectivity index (χ4v) is 1.97. The van der Waals surface area contributed by atoms with Crippen LogP contribution in [-0.4, -0.2) is 24.3 Å². The molecule has 0 atom stereocenters. The number of hydrogen-bond donors (Lipinski definition) is 1. The number of rotatable bonds is 6. The number of hydrogen-bond acceptors (Lipinski definition) is 3. The van der Waals surface area contributed by atoms with Gasteiger partial charge in [-0.1, -0.05) is 15.9 Å². The average molecular weight is 351 g/mol. The first kappa shape index (κ1) is 15.4. The molecule has 0 spiro atoms. The summed E-state index contributed by atoms with van der Waals surface area (Å²) in [4.78, 5) is 10.7. The molecule has 110 valence electrons. The normalized spacial score (nSPS) is 10.2. The van der Waals surface area contributed by atoms with E-state index in [2.05, 4.69) is 15.9 Å². The van der Waals surface area contributed by atoms with Crippen molar-refractivity contribution in [1.82, 2.24) is 0 Å². The lowest BCUT2D eigenvalue weighted by molar-refractivity contribution is 0.0697. The first-order chi connectivity index (χ1) is 10.1. The zero-order valence-electron chi connectivity index (χ0n) is 11.5. The summed E-state index contributed by atoms with van der Waals surface area (Å²) in [6, 6.07) is 12.1. The predicted octanol–water partition coefficient (Wildman–Crippen LogP) is 3.91. The maximum Gasteiger partial charge on any atom is 0.335 e. The van der Waals surface area contributed by atoms with Crippen molar-refractivity contribution < 1.29 is 19.4 Å². The molecule has 0 unspecified atom stereocenters. The van der Waals surface area contributed by atoms with Crippen LogP contribution in [0.25, 0.3) is 0 Å². The summed E-state index contributed by atoms with van der Waals surface area (Å²) in [6.07, 6.45) is 0. The summed E-state index contributed by atoms with van der Waals surface area (Å²) in [5.41, 5.74) is 1.35. The molecule has 5 heteroatoms. The van der Waals surface area contributed by atoms with E-state index in [-0.39, 0.29) is 5.56 Å². The van der Waals surface area contributed by atoms with Gasteiger partial charge in [-0.2, -0.15) is 0 Å². The fraction of sp³-hybridized carbons (Fsp3) is 0.188. The van der Waals surface area contributed by atoms with Gasteiger partial charge in [-0.05, 0) is 55.0 Å². The first-order valence-corrected chi connectivity index (χ1v) is 7.20. The Labute approximate surface area is 131 Å². The van der Waals surface area contributed by atoms with Crippen LogP contribution in [0.15, 0.2) is 46.9 Å². The van der Waals surface area contributed by atoms with Crippen molar-refractivity contribution in [2.45, 2.75) is 6.92 Å². The van der Waals surface area contributed by atoms with Gasteiger partial charge in [0.2, 0.25) is 0 Å². The summed E-state index contributed by atoms with van der Waals surface area (Å²) < 4.78 is 12.1. The van der Waals surface area contributed by atoms with Gasteiger partial charge in [0.05, 0.1) is 5.56 Å². The van der Waals surface area contributed by atoms with Crippen molar-refractivity contribution in [3.63, 3.8) is 0 Å². The summed E-state index contributed by atoms with van der Waals surface area (Å²) in [5.74, 6) is 0.464. The minimum atomic E-state index is -0.949. The van der Waals surface area contributed by atoms with Crippen molar-refractivity contribution in [3.8, 4) is 11.5 Å². The molecule has 0 heterocycles. The number of aryl methyl sites for hydroxylation is 1. The van der Waals surface area contributed by atoms with Crippen molar-refractivity contribution in [2.75, 3.05) is 13.2 Å².